The number of fused-ring (bicyclic) bond motifs is 6. The summed E-state index contributed by atoms with van der Waals surface area (Å²) in [7, 11) is -1.41. The summed E-state index contributed by atoms with van der Waals surface area (Å²) in [6.07, 6.45) is 0. The molecule has 0 amide bonds. The van der Waals surface area contributed by atoms with Crippen molar-refractivity contribution in [3.05, 3.63) is 232 Å². The van der Waals surface area contributed by atoms with Crippen molar-refractivity contribution in [2.45, 2.75) is 38.5 Å². The summed E-state index contributed by atoms with van der Waals surface area (Å²) in [6, 6.07) is 64.0. The molecular formula is C60H46BCl3N6O2. The first-order chi connectivity index (χ1) is 34.7. The minimum Gasteiger partial charge on any atom is -0.423 e. The van der Waals surface area contributed by atoms with E-state index >= 15 is 0 Å². The molecule has 0 spiro atoms. The van der Waals surface area contributed by atoms with E-state index in [1.54, 1.807) is 24.3 Å². The zero-order valence-electron chi connectivity index (χ0n) is 39.8. The molecule has 2 heterocycles. The van der Waals surface area contributed by atoms with Crippen molar-refractivity contribution in [1.82, 2.24) is 29.9 Å². The molecule has 0 unspecified atom stereocenters. The van der Waals surface area contributed by atoms with Crippen LogP contribution in [0.3, 0.4) is 0 Å². The van der Waals surface area contributed by atoms with Gasteiger partial charge in [-0.05, 0) is 110 Å². The molecule has 0 saturated heterocycles. The fourth-order valence-electron chi connectivity index (χ4n) is 9.47. The monoisotopic (exact) mass is 998 g/mol. The molecule has 2 N–H and O–H groups in total. The Morgan fingerprint density at radius 1 is 0.333 bits per heavy atom. The molecule has 8 nitrogen and oxygen atoms in total. The fourth-order valence-corrected chi connectivity index (χ4v) is 9.88. The van der Waals surface area contributed by atoms with Crippen molar-refractivity contribution in [2.75, 3.05) is 0 Å². The van der Waals surface area contributed by atoms with E-state index in [0.717, 1.165) is 27.8 Å². The summed E-state index contributed by atoms with van der Waals surface area (Å²) in [5.41, 5.74) is 15.4. The number of hydrogen-bond donors (Lipinski definition) is 2. The number of halogens is 3. The Labute approximate surface area is 434 Å². The first-order valence-corrected chi connectivity index (χ1v) is 24.5. The van der Waals surface area contributed by atoms with Crippen LogP contribution in [0, 0.1) is 0 Å². The van der Waals surface area contributed by atoms with Gasteiger partial charge in [-0.1, -0.05) is 196 Å². The first kappa shape index (κ1) is 48.3. The van der Waals surface area contributed by atoms with Crippen LogP contribution in [0.15, 0.2) is 194 Å². The van der Waals surface area contributed by atoms with Crippen molar-refractivity contribution < 1.29 is 10.0 Å². The summed E-state index contributed by atoms with van der Waals surface area (Å²) in [4.78, 5) is 28.0. The number of aromatic nitrogens is 6. The fraction of sp³-hybridized carbons (Fsp3) is 0.100. The molecule has 0 radical (unpaired) electrons. The van der Waals surface area contributed by atoms with Crippen LogP contribution in [0.1, 0.15) is 49.9 Å². The van der Waals surface area contributed by atoms with Crippen molar-refractivity contribution in [3.8, 4) is 79.2 Å². The van der Waals surface area contributed by atoms with Gasteiger partial charge < -0.3 is 10.0 Å². The molecule has 12 heteroatoms. The third-order valence-electron chi connectivity index (χ3n) is 13.3. The van der Waals surface area contributed by atoms with Crippen LogP contribution in [-0.2, 0) is 10.8 Å². The Balaban J connectivity index is 0.000000141. The lowest BCUT2D eigenvalue weighted by atomic mass is 9.81. The summed E-state index contributed by atoms with van der Waals surface area (Å²) in [5, 5.41) is 18.7. The average molecular weight is 1000 g/mol. The zero-order valence-corrected chi connectivity index (χ0v) is 42.0. The summed E-state index contributed by atoms with van der Waals surface area (Å²) in [6.45, 7) is 9.08. The molecule has 2 aliphatic carbocycles. The van der Waals surface area contributed by atoms with E-state index in [2.05, 4.69) is 128 Å². The van der Waals surface area contributed by atoms with Gasteiger partial charge in [0.1, 0.15) is 0 Å². The lowest BCUT2D eigenvalue weighted by Gasteiger charge is -2.21. The topological polar surface area (TPSA) is 118 Å². The lowest BCUT2D eigenvalue weighted by Crippen LogP contribution is -2.29. The minimum atomic E-state index is -1.41. The molecule has 0 aliphatic heterocycles. The molecule has 352 valence electrons. The van der Waals surface area contributed by atoms with Crippen molar-refractivity contribution in [3.63, 3.8) is 0 Å². The Bertz CT molecular complexity index is 3600. The highest BCUT2D eigenvalue weighted by Gasteiger charge is 2.37. The van der Waals surface area contributed by atoms with Gasteiger partial charge in [0.05, 0.1) is 0 Å². The predicted octanol–water partition coefficient (Wildman–Crippen LogP) is 14.0. The second-order valence-corrected chi connectivity index (χ2v) is 19.8. The molecule has 10 aromatic rings. The standard InChI is InChI=1S/C30H22ClN3.C24H18ClN3.C6H6BClO2/c1-30(2)25-11-7-6-10-23(25)24-17-14-21(18-26(24)30)29-33-27(19-8-4-3-5-9-19)32-28(34-29)20-12-15-22(31)16-13-20;1-24(2)19-11-7-6-10-17(19)18-13-12-16(14-20(18)24)22-26-21(27-23(25)28-22)15-8-4-3-5-9-15;8-6-3-1-5(2-4-6)7(9)10/h3-18H,1-2H3;3-14H,1-2H3;1-4,9-10H. The second-order valence-electron chi connectivity index (χ2n) is 18.6. The molecule has 0 saturated carbocycles. The van der Waals surface area contributed by atoms with E-state index in [1.165, 1.54) is 44.5 Å². The van der Waals surface area contributed by atoms with Crippen molar-refractivity contribution in [1.29, 1.82) is 0 Å². The Kier molecular flexibility index (Phi) is 13.4. The molecule has 72 heavy (non-hydrogen) atoms. The van der Waals surface area contributed by atoms with Gasteiger partial charge in [0.25, 0.3) is 0 Å². The normalized spacial score (nSPS) is 13.0. The third kappa shape index (κ3) is 9.70. The SMILES string of the molecule is CC1(C)c2ccccc2-c2ccc(-c3nc(-c4ccccc4)nc(-c4ccc(Cl)cc4)n3)cc21.CC1(C)c2ccccc2-c2ccc(-c3nc(Cl)nc(-c4ccccc4)n3)cc21.OB(O)c1ccc(Cl)cc1. The molecule has 2 aliphatic rings. The van der Waals surface area contributed by atoms with E-state index in [9.17, 15) is 0 Å². The molecule has 8 aromatic carbocycles. The van der Waals surface area contributed by atoms with Crippen LogP contribution in [-0.4, -0.2) is 47.1 Å². The lowest BCUT2D eigenvalue weighted by molar-refractivity contribution is 0.426. The van der Waals surface area contributed by atoms with Gasteiger partial charge in [0.15, 0.2) is 29.1 Å². The van der Waals surface area contributed by atoms with Crippen LogP contribution in [0.4, 0.5) is 0 Å². The van der Waals surface area contributed by atoms with Crippen LogP contribution in [0.25, 0.3) is 79.2 Å². The maximum Gasteiger partial charge on any atom is 0.488 e. The minimum absolute atomic E-state index is 0.0684. The Morgan fingerprint density at radius 2 is 0.653 bits per heavy atom. The number of benzene rings is 8. The highest BCUT2D eigenvalue weighted by atomic mass is 35.5. The number of rotatable bonds is 6. The van der Waals surface area contributed by atoms with E-state index < -0.39 is 7.12 Å². The highest BCUT2D eigenvalue weighted by Crippen LogP contribution is 2.50. The van der Waals surface area contributed by atoms with Gasteiger partial charge in [-0.2, -0.15) is 9.97 Å². The third-order valence-corrected chi connectivity index (χ3v) is 13.9. The predicted molar refractivity (Wildman–Crippen MR) is 293 cm³/mol. The van der Waals surface area contributed by atoms with Crippen LogP contribution >= 0.6 is 34.8 Å². The smallest absolute Gasteiger partial charge is 0.423 e. The number of nitrogens with zero attached hydrogens (tertiary/aromatic N) is 6. The molecule has 0 fully saturated rings. The van der Waals surface area contributed by atoms with Crippen LogP contribution in [0.5, 0.6) is 0 Å². The van der Waals surface area contributed by atoms with Gasteiger partial charge in [-0.3, -0.25) is 0 Å². The van der Waals surface area contributed by atoms with Gasteiger partial charge in [0.2, 0.25) is 5.28 Å². The van der Waals surface area contributed by atoms with Crippen LogP contribution < -0.4 is 5.46 Å². The van der Waals surface area contributed by atoms with E-state index in [-0.39, 0.29) is 16.1 Å². The van der Waals surface area contributed by atoms with Crippen molar-refractivity contribution in [2.24, 2.45) is 0 Å². The Morgan fingerprint density at radius 3 is 1.08 bits per heavy atom. The largest absolute Gasteiger partial charge is 0.488 e. The van der Waals surface area contributed by atoms with Gasteiger partial charge in [0, 0.05) is 48.7 Å². The summed E-state index contributed by atoms with van der Waals surface area (Å²) in [5.74, 6) is 3.11. The Hall–Kier alpha value is -7.37. The maximum atomic E-state index is 8.63. The molecule has 0 bridgehead atoms. The zero-order chi connectivity index (χ0) is 50.1. The van der Waals surface area contributed by atoms with Gasteiger partial charge >= 0.3 is 7.12 Å². The quantitative estimate of drug-likeness (QED) is 0.158. The summed E-state index contributed by atoms with van der Waals surface area (Å²) < 4.78 is 0. The number of hydrogen-bond acceptors (Lipinski definition) is 8. The molecule has 12 rings (SSSR count). The van der Waals surface area contributed by atoms with Crippen molar-refractivity contribution >= 4 is 47.4 Å². The second kappa shape index (κ2) is 20.0. The first-order valence-electron chi connectivity index (χ1n) is 23.4. The highest BCUT2D eigenvalue weighted by molar-refractivity contribution is 6.58. The molecule has 0 atom stereocenters. The van der Waals surface area contributed by atoms with Gasteiger partial charge in [-0.25, -0.2) is 19.9 Å². The maximum absolute atomic E-state index is 8.63. The van der Waals surface area contributed by atoms with E-state index in [4.69, 9.17) is 59.8 Å². The van der Waals surface area contributed by atoms with E-state index in [0.29, 0.717) is 44.6 Å². The molecule has 2 aromatic heterocycles. The molecular weight excluding hydrogens is 954 g/mol. The van der Waals surface area contributed by atoms with Gasteiger partial charge in [-0.15, -0.1) is 0 Å². The summed E-state index contributed by atoms with van der Waals surface area (Å²) >= 11 is 17.9. The average Bonchev–Trinajstić information content (AvgIpc) is 3.78. The van der Waals surface area contributed by atoms with E-state index in [1.807, 2.05) is 84.9 Å². The van der Waals surface area contributed by atoms with Crippen LogP contribution in [0.2, 0.25) is 15.3 Å².